The number of methoxy groups -OCH3 is 1. The summed E-state index contributed by atoms with van der Waals surface area (Å²) in [7, 11) is 1.67. The third kappa shape index (κ3) is 3.42. The van der Waals surface area contributed by atoms with Crippen molar-refractivity contribution in [3.05, 3.63) is 30.0 Å². The van der Waals surface area contributed by atoms with Gasteiger partial charge in [0.25, 0.3) is 0 Å². The predicted octanol–water partition coefficient (Wildman–Crippen LogP) is 3.55. The molecule has 0 aliphatic heterocycles. The first-order chi connectivity index (χ1) is 11.1. The number of aromatic nitrogens is 2. The van der Waals surface area contributed by atoms with Crippen LogP contribution in [-0.2, 0) is 4.74 Å². The highest BCUT2D eigenvalue weighted by molar-refractivity contribution is 5.75. The molecule has 1 aromatic heterocycles. The molecule has 1 heterocycles. The maximum atomic E-state index is 13.5. The highest BCUT2D eigenvalue weighted by atomic mass is 19.2. The average Bonchev–Trinajstić information content (AvgIpc) is 2.95. The fourth-order valence-corrected chi connectivity index (χ4v) is 3.27. The van der Waals surface area contributed by atoms with Gasteiger partial charge in [0, 0.05) is 31.8 Å². The van der Waals surface area contributed by atoms with Gasteiger partial charge < -0.3 is 9.64 Å². The molecule has 2 atom stereocenters. The Balaban J connectivity index is 1.94. The smallest absolute Gasteiger partial charge is 0.161 e. The van der Waals surface area contributed by atoms with Crippen LogP contribution in [0.5, 0.6) is 0 Å². The van der Waals surface area contributed by atoms with Gasteiger partial charge in [-0.3, -0.25) is 4.98 Å². The highest BCUT2D eigenvalue weighted by Crippen LogP contribution is 2.31. The third-order valence-corrected chi connectivity index (χ3v) is 4.51. The molecule has 23 heavy (non-hydrogen) atoms. The molecule has 0 N–H and O–H groups in total. The second-order valence-electron chi connectivity index (χ2n) is 6.24. The summed E-state index contributed by atoms with van der Waals surface area (Å²) in [5.41, 5.74) is 0.731. The first kappa shape index (κ1) is 16.1. The summed E-state index contributed by atoms with van der Waals surface area (Å²) in [6.07, 6.45) is 5.02. The number of anilines is 1. The number of hydrogen-bond acceptors (Lipinski definition) is 4. The van der Waals surface area contributed by atoms with Gasteiger partial charge >= 0.3 is 0 Å². The minimum Gasteiger partial charge on any atom is -0.383 e. The van der Waals surface area contributed by atoms with E-state index >= 15 is 0 Å². The van der Waals surface area contributed by atoms with Gasteiger partial charge in [0.2, 0.25) is 0 Å². The van der Waals surface area contributed by atoms with Gasteiger partial charge in [-0.25, -0.2) is 13.8 Å². The summed E-state index contributed by atoms with van der Waals surface area (Å²) in [4.78, 5) is 10.9. The van der Waals surface area contributed by atoms with Crippen LogP contribution in [0.3, 0.4) is 0 Å². The Morgan fingerprint density at radius 2 is 1.96 bits per heavy atom. The van der Waals surface area contributed by atoms with Crippen LogP contribution in [-0.4, -0.2) is 36.3 Å². The van der Waals surface area contributed by atoms with Crippen molar-refractivity contribution in [3.63, 3.8) is 0 Å². The molecular weight excluding hydrogens is 300 g/mol. The minimum atomic E-state index is -0.902. The van der Waals surface area contributed by atoms with E-state index in [1.54, 1.807) is 13.3 Å². The second-order valence-corrected chi connectivity index (χ2v) is 6.24. The molecule has 124 valence electrons. The molecule has 1 saturated carbocycles. The van der Waals surface area contributed by atoms with Crippen molar-refractivity contribution < 1.29 is 13.5 Å². The van der Waals surface area contributed by atoms with Crippen LogP contribution in [0, 0.1) is 17.6 Å². The monoisotopic (exact) mass is 321 g/mol. The Hall–Kier alpha value is -1.82. The molecule has 0 bridgehead atoms. The molecule has 3 rings (SSSR count). The van der Waals surface area contributed by atoms with E-state index < -0.39 is 11.6 Å². The minimum absolute atomic E-state index is 0.360. The number of fused-ring (bicyclic) bond motifs is 1. The van der Waals surface area contributed by atoms with E-state index in [0.29, 0.717) is 42.0 Å². The summed E-state index contributed by atoms with van der Waals surface area (Å²) in [6, 6.07) is 2.57. The number of nitrogens with zero attached hydrogens (tertiary/aromatic N) is 3. The van der Waals surface area contributed by atoms with Crippen molar-refractivity contribution in [1.82, 2.24) is 9.97 Å². The lowest BCUT2D eigenvalue weighted by Gasteiger charge is -2.30. The predicted molar refractivity (Wildman–Crippen MR) is 85.5 cm³/mol. The van der Waals surface area contributed by atoms with E-state index in [0.717, 1.165) is 25.0 Å². The van der Waals surface area contributed by atoms with Crippen molar-refractivity contribution in [2.75, 3.05) is 25.2 Å². The van der Waals surface area contributed by atoms with E-state index in [1.165, 1.54) is 6.42 Å². The third-order valence-electron chi connectivity index (χ3n) is 4.51. The van der Waals surface area contributed by atoms with Gasteiger partial charge in [-0.05, 0) is 25.2 Å². The molecule has 1 fully saturated rings. The second kappa shape index (κ2) is 6.74. The van der Waals surface area contributed by atoms with Gasteiger partial charge in [0.1, 0.15) is 5.82 Å². The maximum Gasteiger partial charge on any atom is 0.161 e. The molecule has 0 radical (unpaired) electrons. The molecule has 6 heteroatoms. The number of benzene rings is 1. The van der Waals surface area contributed by atoms with Crippen molar-refractivity contribution >= 4 is 16.9 Å². The van der Waals surface area contributed by atoms with Crippen LogP contribution in [0.25, 0.3) is 11.0 Å². The lowest BCUT2D eigenvalue weighted by Crippen LogP contribution is -2.37. The quantitative estimate of drug-likeness (QED) is 0.844. The molecular formula is C17H21F2N3O. The van der Waals surface area contributed by atoms with Crippen LogP contribution in [0.4, 0.5) is 14.6 Å². The highest BCUT2D eigenvalue weighted by Gasteiger charge is 2.28. The summed E-state index contributed by atoms with van der Waals surface area (Å²) < 4.78 is 32.0. The summed E-state index contributed by atoms with van der Waals surface area (Å²) in [5, 5.41) is 0. The topological polar surface area (TPSA) is 38.2 Å². The summed E-state index contributed by atoms with van der Waals surface area (Å²) in [6.45, 7) is 3.54. The fraction of sp³-hybridized carbons (Fsp3) is 0.529. The molecule has 2 aromatic rings. The number of hydrogen-bond donors (Lipinski definition) is 0. The van der Waals surface area contributed by atoms with Crippen LogP contribution in [0.15, 0.2) is 18.3 Å². The van der Waals surface area contributed by atoms with Gasteiger partial charge in [0.05, 0.1) is 23.8 Å². The van der Waals surface area contributed by atoms with Gasteiger partial charge in [-0.2, -0.15) is 0 Å². The van der Waals surface area contributed by atoms with E-state index in [-0.39, 0.29) is 0 Å². The maximum absolute atomic E-state index is 13.5. The zero-order valence-corrected chi connectivity index (χ0v) is 13.4. The number of halogens is 2. The van der Waals surface area contributed by atoms with Crippen molar-refractivity contribution in [1.29, 1.82) is 0 Å². The van der Waals surface area contributed by atoms with Gasteiger partial charge in [0.15, 0.2) is 11.6 Å². The lowest BCUT2D eigenvalue weighted by molar-refractivity contribution is 0.202. The van der Waals surface area contributed by atoms with Crippen molar-refractivity contribution in [3.8, 4) is 0 Å². The van der Waals surface area contributed by atoms with Crippen molar-refractivity contribution in [2.24, 2.45) is 5.92 Å². The summed E-state index contributed by atoms with van der Waals surface area (Å²) >= 11 is 0. The van der Waals surface area contributed by atoms with Crippen LogP contribution < -0.4 is 4.90 Å². The van der Waals surface area contributed by atoms with E-state index in [1.807, 2.05) is 0 Å². The fourth-order valence-electron chi connectivity index (χ4n) is 3.27. The average molecular weight is 321 g/mol. The van der Waals surface area contributed by atoms with Gasteiger partial charge in [-0.1, -0.05) is 6.92 Å². The van der Waals surface area contributed by atoms with E-state index in [4.69, 9.17) is 4.74 Å². The van der Waals surface area contributed by atoms with Gasteiger partial charge in [-0.15, -0.1) is 0 Å². The first-order valence-electron chi connectivity index (χ1n) is 7.96. The lowest BCUT2D eigenvalue weighted by atomic mass is 10.1. The molecule has 4 nitrogen and oxygen atoms in total. The number of ether oxygens (including phenoxy) is 1. The SMILES string of the molecule is COCCN(c1cnc2cc(F)c(F)cc2n1)C1CCC(C)C1. The molecule has 1 aromatic carbocycles. The van der Waals surface area contributed by atoms with E-state index in [2.05, 4.69) is 21.8 Å². The zero-order chi connectivity index (χ0) is 16.4. The molecule has 1 aliphatic rings. The molecule has 0 amide bonds. The Morgan fingerprint density at radius 1 is 1.22 bits per heavy atom. The molecule has 2 unspecified atom stereocenters. The Morgan fingerprint density at radius 3 is 2.61 bits per heavy atom. The van der Waals surface area contributed by atoms with Crippen LogP contribution in [0.1, 0.15) is 26.2 Å². The first-order valence-corrected chi connectivity index (χ1v) is 7.96. The Bertz CT molecular complexity index is 695. The largest absolute Gasteiger partial charge is 0.383 e. The Labute approximate surface area is 134 Å². The van der Waals surface area contributed by atoms with Crippen LogP contribution >= 0.6 is 0 Å². The van der Waals surface area contributed by atoms with E-state index in [9.17, 15) is 8.78 Å². The van der Waals surface area contributed by atoms with Crippen LogP contribution in [0.2, 0.25) is 0 Å². The normalized spacial score (nSPS) is 21.0. The zero-order valence-electron chi connectivity index (χ0n) is 13.4. The molecule has 1 aliphatic carbocycles. The number of rotatable bonds is 5. The molecule has 0 spiro atoms. The standard InChI is InChI=1S/C17H21F2N3O/c1-11-3-4-12(7-11)22(5-6-23-2)17-10-20-15-8-13(18)14(19)9-16(15)21-17/h8-12H,3-7H2,1-2H3. The Kier molecular flexibility index (Phi) is 4.71. The van der Waals surface area contributed by atoms with Crippen molar-refractivity contribution in [2.45, 2.75) is 32.2 Å². The molecule has 0 saturated heterocycles. The summed E-state index contributed by atoms with van der Waals surface area (Å²) in [5.74, 6) is -0.424.